The summed E-state index contributed by atoms with van der Waals surface area (Å²) in [5.41, 5.74) is -1.21. The maximum Gasteiger partial charge on any atom is 0.261 e. The molecule has 4 nitrogen and oxygen atoms in total. The number of carbonyl (C=O) groups excluding carboxylic acids is 2. The van der Waals surface area contributed by atoms with Crippen LogP contribution in [-0.4, -0.2) is 16.8 Å². The monoisotopic (exact) mass is 335 g/mol. The molecule has 1 amide bonds. The average Bonchev–Trinajstić information content (AvgIpc) is 2.77. The topological polar surface area (TPSA) is 66.4 Å². The molecule has 1 aliphatic rings. The van der Waals surface area contributed by atoms with E-state index in [1.54, 1.807) is 30.3 Å². The number of Topliss-reactive ketones (excluding diaryl/α,β-unsaturated/α-hetero) is 1. The lowest BCUT2D eigenvalue weighted by Gasteiger charge is -2.21. The maximum absolute atomic E-state index is 12.3. The Morgan fingerprint density at radius 1 is 1.09 bits per heavy atom. The van der Waals surface area contributed by atoms with Crippen molar-refractivity contribution in [3.05, 3.63) is 63.6 Å². The number of anilines is 1. The number of rotatable bonds is 3. The number of ketones is 1. The number of fused-ring (bicyclic) bond motifs is 1. The highest BCUT2D eigenvalue weighted by atomic mass is 35.5. The van der Waals surface area contributed by atoms with Crippen molar-refractivity contribution in [1.82, 2.24) is 0 Å². The number of halogens is 2. The summed E-state index contributed by atoms with van der Waals surface area (Å²) in [4.78, 5) is 24.5. The molecule has 0 aromatic heterocycles. The molecule has 0 radical (unpaired) electrons. The summed E-state index contributed by atoms with van der Waals surface area (Å²) >= 11 is 12.1. The Balaban J connectivity index is 2.03. The number of hydrogen-bond donors (Lipinski definition) is 2. The van der Waals surface area contributed by atoms with Crippen molar-refractivity contribution in [3.8, 4) is 0 Å². The molecule has 0 aliphatic carbocycles. The van der Waals surface area contributed by atoms with Gasteiger partial charge in [-0.2, -0.15) is 0 Å². The summed E-state index contributed by atoms with van der Waals surface area (Å²) in [7, 11) is 0. The van der Waals surface area contributed by atoms with Gasteiger partial charge in [-0.1, -0.05) is 53.5 Å². The number of nitrogens with one attached hydrogen (secondary N) is 1. The van der Waals surface area contributed by atoms with Crippen LogP contribution in [-0.2, 0) is 10.4 Å². The van der Waals surface area contributed by atoms with Crippen LogP contribution in [0, 0.1) is 0 Å². The number of hydrogen-bond acceptors (Lipinski definition) is 3. The first-order chi connectivity index (χ1) is 10.4. The molecular formula is C16H11Cl2NO3. The van der Waals surface area contributed by atoms with E-state index in [4.69, 9.17) is 23.2 Å². The molecule has 1 heterocycles. The molecule has 6 heteroatoms. The number of benzene rings is 2. The predicted octanol–water partition coefficient (Wildman–Crippen LogP) is 3.41. The average molecular weight is 336 g/mol. The van der Waals surface area contributed by atoms with Gasteiger partial charge in [0.15, 0.2) is 11.4 Å². The quantitative estimate of drug-likeness (QED) is 0.844. The van der Waals surface area contributed by atoms with Gasteiger partial charge in [-0.05, 0) is 12.1 Å². The smallest absolute Gasteiger partial charge is 0.261 e. The van der Waals surface area contributed by atoms with Crippen LogP contribution < -0.4 is 5.32 Å². The molecule has 0 unspecified atom stereocenters. The summed E-state index contributed by atoms with van der Waals surface area (Å²) in [5, 5.41) is 13.7. The van der Waals surface area contributed by atoms with Crippen LogP contribution in [0.4, 0.5) is 5.69 Å². The highest BCUT2D eigenvalue weighted by Gasteiger charge is 2.49. The van der Waals surface area contributed by atoms with Gasteiger partial charge in [0.05, 0.1) is 17.1 Å². The molecule has 22 heavy (non-hydrogen) atoms. The molecule has 0 spiro atoms. The summed E-state index contributed by atoms with van der Waals surface area (Å²) in [6, 6.07) is 11.5. The van der Waals surface area contributed by atoms with Crippen LogP contribution in [0.2, 0.25) is 10.0 Å². The van der Waals surface area contributed by atoms with Crippen molar-refractivity contribution in [2.24, 2.45) is 0 Å². The molecule has 0 saturated carbocycles. The minimum atomic E-state index is -2.02. The second-order valence-corrected chi connectivity index (χ2v) is 5.87. The fourth-order valence-corrected chi connectivity index (χ4v) is 3.05. The van der Waals surface area contributed by atoms with E-state index in [1.165, 1.54) is 12.1 Å². The van der Waals surface area contributed by atoms with Crippen molar-refractivity contribution in [3.63, 3.8) is 0 Å². The van der Waals surface area contributed by atoms with Crippen LogP contribution in [0.1, 0.15) is 22.3 Å². The molecule has 2 N–H and O–H groups in total. The molecular weight excluding hydrogens is 325 g/mol. The second-order valence-electron chi connectivity index (χ2n) is 5.06. The third kappa shape index (κ3) is 2.29. The van der Waals surface area contributed by atoms with Crippen LogP contribution in [0.3, 0.4) is 0 Å². The molecule has 1 atom stereocenters. The minimum absolute atomic E-state index is 0.149. The van der Waals surface area contributed by atoms with Crippen molar-refractivity contribution in [2.45, 2.75) is 12.0 Å². The first kappa shape index (κ1) is 15.0. The molecule has 2 aromatic rings. The first-order valence-corrected chi connectivity index (χ1v) is 7.29. The Hall–Kier alpha value is -1.88. The highest BCUT2D eigenvalue weighted by Crippen LogP contribution is 2.46. The molecule has 2 aromatic carbocycles. The largest absolute Gasteiger partial charge is 0.375 e. The zero-order chi connectivity index (χ0) is 15.9. The van der Waals surface area contributed by atoms with Crippen LogP contribution >= 0.6 is 23.2 Å². The van der Waals surface area contributed by atoms with Gasteiger partial charge in [0.1, 0.15) is 0 Å². The Kier molecular flexibility index (Phi) is 3.68. The van der Waals surface area contributed by atoms with Gasteiger partial charge >= 0.3 is 0 Å². The Labute approximate surface area is 136 Å². The SMILES string of the molecule is O=C(C[C@]1(O)C(=O)Nc2c(Cl)ccc(Cl)c21)c1ccccc1. The fourth-order valence-electron chi connectivity index (χ4n) is 2.54. The first-order valence-electron chi connectivity index (χ1n) is 6.54. The summed E-state index contributed by atoms with van der Waals surface area (Å²) in [5.74, 6) is -1.07. The van der Waals surface area contributed by atoms with E-state index in [0.717, 1.165) is 0 Å². The molecule has 1 aliphatic heterocycles. The summed E-state index contributed by atoms with van der Waals surface area (Å²) < 4.78 is 0. The van der Waals surface area contributed by atoms with Gasteiger partial charge in [0, 0.05) is 16.1 Å². The normalized spacial score (nSPS) is 19.7. The predicted molar refractivity (Wildman–Crippen MR) is 84.4 cm³/mol. The maximum atomic E-state index is 12.3. The lowest BCUT2D eigenvalue weighted by molar-refractivity contribution is -0.133. The van der Waals surface area contributed by atoms with Gasteiger partial charge < -0.3 is 10.4 Å². The standard InChI is InChI=1S/C16H11Cl2NO3/c17-10-6-7-11(18)14-13(10)16(22,15(21)19-14)8-12(20)9-4-2-1-3-5-9/h1-7,22H,8H2,(H,19,21)/t16-/m1/s1. The zero-order valence-electron chi connectivity index (χ0n) is 11.3. The van der Waals surface area contributed by atoms with Gasteiger partial charge in [0.2, 0.25) is 0 Å². The van der Waals surface area contributed by atoms with Gasteiger partial charge in [-0.15, -0.1) is 0 Å². The van der Waals surface area contributed by atoms with E-state index in [2.05, 4.69) is 5.32 Å². The van der Waals surface area contributed by atoms with Crippen LogP contribution in [0.25, 0.3) is 0 Å². The van der Waals surface area contributed by atoms with Crippen LogP contribution in [0.15, 0.2) is 42.5 Å². The van der Waals surface area contributed by atoms with E-state index >= 15 is 0 Å². The number of amides is 1. The lowest BCUT2D eigenvalue weighted by atomic mass is 9.88. The molecule has 0 saturated heterocycles. The Bertz CT molecular complexity index is 776. The Morgan fingerprint density at radius 2 is 1.73 bits per heavy atom. The molecule has 0 fully saturated rings. The molecule has 112 valence electrons. The second kappa shape index (κ2) is 5.39. The van der Waals surface area contributed by atoms with Crippen molar-refractivity contribution >= 4 is 40.6 Å². The van der Waals surface area contributed by atoms with Crippen molar-refractivity contribution in [2.75, 3.05) is 5.32 Å². The van der Waals surface area contributed by atoms with Crippen molar-refractivity contribution < 1.29 is 14.7 Å². The molecule has 3 rings (SSSR count). The van der Waals surface area contributed by atoms with Gasteiger partial charge in [0.25, 0.3) is 5.91 Å². The van der Waals surface area contributed by atoms with E-state index < -0.39 is 17.9 Å². The third-order valence-electron chi connectivity index (χ3n) is 3.64. The lowest BCUT2D eigenvalue weighted by Crippen LogP contribution is -2.36. The summed E-state index contributed by atoms with van der Waals surface area (Å²) in [6.45, 7) is 0. The van der Waals surface area contributed by atoms with E-state index in [1.807, 2.05) is 0 Å². The fraction of sp³-hybridized carbons (Fsp3) is 0.125. The Morgan fingerprint density at radius 3 is 2.41 bits per heavy atom. The molecule has 0 bridgehead atoms. The number of carbonyl (C=O) groups is 2. The minimum Gasteiger partial charge on any atom is -0.375 e. The van der Waals surface area contributed by atoms with E-state index in [0.29, 0.717) is 5.56 Å². The van der Waals surface area contributed by atoms with Crippen molar-refractivity contribution in [1.29, 1.82) is 0 Å². The van der Waals surface area contributed by atoms with E-state index in [-0.39, 0.29) is 27.1 Å². The summed E-state index contributed by atoms with van der Waals surface area (Å²) in [6.07, 6.45) is -0.407. The highest BCUT2D eigenvalue weighted by molar-refractivity contribution is 6.38. The van der Waals surface area contributed by atoms with Gasteiger partial charge in [-0.3, -0.25) is 9.59 Å². The number of aliphatic hydroxyl groups is 1. The van der Waals surface area contributed by atoms with Gasteiger partial charge in [-0.25, -0.2) is 0 Å². The third-order valence-corrected chi connectivity index (χ3v) is 4.27. The van der Waals surface area contributed by atoms with Crippen LogP contribution in [0.5, 0.6) is 0 Å². The van der Waals surface area contributed by atoms with E-state index in [9.17, 15) is 14.7 Å². The zero-order valence-corrected chi connectivity index (χ0v) is 12.8.